The number of rotatable bonds is 7. The molecule has 2 heteroatoms. The Bertz CT molecular complexity index is 3280. The fourth-order valence-corrected chi connectivity index (χ4v) is 9.14. The molecule has 63 heavy (non-hydrogen) atoms. The molecule has 0 N–H and O–H groups in total. The molecule has 0 saturated carbocycles. The fourth-order valence-electron chi connectivity index (χ4n) is 9.14. The smallest absolute Gasteiger partial charge is 0.0541 e. The second-order valence-corrected chi connectivity index (χ2v) is 16.2. The van der Waals surface area contributed by atoms with Crippen LogP contribution < -0.4 is 4.90 Å². The first kappa shape index (κ1) is 37.8. The van der Waals surface area contributed by atoms with Gasteiger partial charge in [-0.25, -0.2) is 0 Å². The number of hydrogen-bond donors (Lipinski definition) is 0. The summed E-state index contributed by atoms with van der Waals surface area (Å²) in [4.78, 5) is 2.38. The minimum Gasteiger partial charge on any atom is -0.337 e. The normalized spacial score (nSPS) is 13.6. The highest BCUT2D eigenvalue weighted by atomic mass is 15.1. The Kier molecular flexibility index (Phi) is 9.80. The highest BCUT2D eigenvalue weighted by molar-refractivity contribution is 6.10. The molecular formula is C61H44N2. The van der Waals surface area contributed by atoms with E-state index in [1.807, 2.05) is 0 Å². The molecular weight excluding hydrogens is 761 g/mol. The molecule has 0 amide bonds. The second-order valence-electron chi connectivity index (χ2n) is 16.2. The van der Waals surface area contributed by atoms with Gasteiger partial charge in [0.15, 0.2) is 0 Å². The lowest BCUT2D eigenvalue weighted by Gasteiger charge is -2.27. The molecule has 2 nitrogen and oxygen atoms in total. The summed E-state index contributed by atoms with van der Waals surface area (Å²) in [6.07, 6.45) is 8.54. The molecule has 0 atom stereocenters. The minimum atomic E-state index is 0.746. The topological polar surface area (TPSA) is 8.17 Å². The molecule has 11 rings (SSSR count). The molecule has 0 fully saturated rings. The number of fused-ring (bicyclic) bond motifs is 4. The van der Waals surface area contributed by atoms with E-state index in [0.29, 0.717) is 0 Å². The molecule has 0 aliphatic carbocycles. The van der Waals surface area contributed by atoms with Crippen molar-refractivity contribution in [2.24, 2.45) is 0 Å². The van der Waals surface area contributed by atoms with Gasteiger partial charge in [0.1, 0.15) is 0 Å². The molecule has 0 unspecified atom stereocenters. The second kappa shape index (κ2) is 16.3. The van der Waals surface area contributed by atoms with Crippen molar-refractivity contribution in [3.05, 3.63) is 255 Å². The quantitative estimate of drug-likeness (QED) is 0.156. The van der Waals surface area contributed by atoms with Gasteiger partial charge in [-0.1, -0.05) is 176 Å². The van der Waals surface area contributed by atoms with Crippen LogP contribution in [0.5, 0.6) is 0 Å². The van der Waals surface area contributed by atoms with E-state index >= 15 is 0 Å². The zero-order valence-corrected chi connectivity index (χ0v) is 34.9. The van der Waals surface area contributed by atoms with E-state index < -0.39 is 0 Å². The highest BCUT2D eigenvalue weighted by Gasteiger charge is 2.18. The average molecular weight is 805 g/mol. The highest BCUT2D eigenvalue weighted by Crippen LogP contribution is 2.40. The van der Waals surface area contributed by atoms with Crippen molar-refractivity contribution >= 4 is 38.8 Å². The third-order valence-corrected chi connectivity index (χ3v) is 12.4. The van der Waals surface area contributed by atoms with Crippen LogP contribution in [0.3, 0.4) is 0 Å². The first-order valence-corrected chi connectivity index (χ1v) is 21.6. The maximum atomic E-state index is 4.55. The van der Waals surface area contributed by atoms with E-state index in [1.165, 1.54) is 71.9 Å². The van der Waals surface area contributed by atoms with Gasteiger partial charge in [-0.15, -0.1) is 0 Å². The maximum Gasteiger partial charge on any atom is 0.0541 e. The molecule has 0 saturated heterocycles. The van der Waals surface area contributed by atoms with Crippen LogP contribution in [-0.2, 0) is 0 Å². The number of hydrogen-bond acceptors (Lipinski definition) is 1. The summed E-state index contributed by atoms with van der Waals surface area (Å²) in [5, 5.41) is 2.45. The summed E-state index contributed by atoms with van der Waals surface area (Å²) in [6, 6.07) is 79.3. The van der Waals surface area contributed by atoms with Gasteiger partial charge < -0.3 is 9.47 Å². The molecule has 0 bridgehead atoms. The van der Waals surface area contributed by atoms with Crippen LogP contribution in [0.15, 0.2) is 249 Å². The Morgan fingerprint density at radius 2 is 0.825 bits per heavy atom. The Hall–Kier alpha value is -8.20. The van der Waals surface area contributed by atoms with Crippen LogP contribution >= 0.6 is 0 Å². The maximum absolute atomic E-state index is 4.55. The first-order chi connectivity index (χ1) is 31.1. The molecule has 0 radical (unpaired) electrons. The van der Waals surface area contributed by atoms with Crippen molar-refractivity contribution in [1.29, 1.82) is 0 Å². The van der Waals surface area contributed by atoms with Crippen LogP contribution in [-0.4, -0.2) is 11.1 Å². The average Bonchev–Trinajstić information content (AvgIpc) is 3.72. The van der Waals surface area contributed by atoms with Gasteiger partial charge in [0.05, 0.1) is 11.0 Å². The Morgan fingerprint density at radius 1 is 0.349 bits per heavy atom. The van der Waals surface area contributed by atoms with Gasteiger partial charge >= 0.3 is 0 Å². The number of allylic oxidation sites excluding steroid dienone is 4. The van der Waals surface area contributed by atoms with Crippen molar-refractivity contribution in [2.45, 2.75) is 0 Å². The predicted molar refractivity (Wildman–Crippen MR) is 269 cm³/mol. The molecule has 9 aromatic carbocycles. The van der Waals surface area contributed by atoms with Crippen LogP contribution in [0, 0.1) is 0 Å². The van der Waals surface area contributed by atoms with Crippen LogP contribution in [0.4, 0.5) is 11.4 Å². The van der Waals surface area contributed by atoms with Gasteiger partial charge in [-0.05, 0) is 134 Å². The van der Waals surface area contributed by atoms with Gasteiger partial charge in [0.2, 0.25) is 0 Å². The van der Waals surface area contributed by atoms with E-state index in [4.69, 9.17) is 0 Å². The molecule has 1 aliphatic heterocycles. The Morgan fingerprint density at radius 3 is 1.46 bits per heavy atom. The monoisotopic (exact) mass is 804 g/mol. The van der Waals surface area contributed by atoms with Crippen molar-refractivity contribution in [2.75, 3.05) is 11.4 Å². The van der Waals surface area contributed by atoms with Gasteiger partial charge in [0.25, 0.3) is 0 Å². The lowest BCUT2D eigenvalue weighted by molar-refractivity contribution is 1.09. The van der Waals surface area contributed by atoms with E-state index in [1.54, 1.807) is 0 Å². The van der Waals surface area contributed by atoms with Crippen LogP contribution in [0.1, 0.15) is 5.56 Å². The number of aromatic nitrogens is 1. The third-order valence-electron chi connectivity index (χ3n) is 12.4. The minimum absolute atomic E-state index is 0.746. The SMILES string of the molecule is C=C1/C=C\C=C/CN(c2ccc(-c3ccccc3)cc2)c2ccc(-c3ccc4c(c3)c3ccccc3n4-c3ccc(-c4cc(-c5ccccc5)cc(-c5ccccc5)c4)cc3)cc21. The van der Waals surface area contributed by atoms with E-state index in [9.17, 15) is 0 Å². The number of nitrogens with zero attached hydrogens (tertiary/aromatic N) is 2. The molecule has 1 aromatic heterocycles. The Balaban J connectivity index is 0.958. The van der Waals surface area contributed by atoms with Gasteiger partial charge in [0, 0.05) is 39.9 Å². The van der Waals surface area contributed by atoms with E-state index in [2.05, 4.69) is 259 Å². The molecule has 1 aliphatic rings. The summed E-state index contributed by atoms with van der Waals surface area (Å²) in [7, 11) is 0. The fraction of sp³-hybridized carbons (Fsp3) is 0.0164. The molecule has 298 valence electrons. The van der Waals surface area contributed by atoms with Crippen LogP contribution in [0.2, 0.25) is 0 Å². The summed E-state index contributed by atoms with van der Waals surface area (Å²) in [5.74, 6) is 0. The van der Waals surface area contributed by atoms with Gasteiger partial charge in [-0.2, -0.15) is 0 Å². The van der Waals surface area contributed by atoms with Crippen molar-refractivity contribution in [1.82, 2.24) is 4.57 Å². The zero-order valence-electron chi connectivity index (χ0n) is 34.9. The van der Waals surface area contributed by atoms with Crippen molar-refractivity contribution < 1.29 is 0 Å². The third kappa shape index (κ3) is 7.28. The van der Waals surface area contributed by atoms with E-state index in [0.717, 1.165) is 40.3 Å². The van der Waals surface area contributed by atoms with Crippen LogP contribution in [0.25, 0.3) is 88.7 Å². The zero-order chi connectivity index (χ0) is 42.1. The molecule has 2 heterocycles. The summed E-state index contributed by atoms with van der Waals surface area (Å²) in [6.45, 7) is 5.30. The van der Waals surface area contributed by atoms with Crippen molar-refractivity contribution in [3.8, 4) is 61.3 Å². The van der Waals surface area contributed by atoms with Gasteiger partial charge in [-0.3, -0.25) is 0 Å². The first-order valence-electron chi connectivity index (χ1n) is 21.6. The van der Waals surface area contributed by atoms with Crippen molar-refractivity contribution in [3.63, 3.8) is 0 Å². The summed E-state index contributed by atoms with van der Waals surface area (Å²) in [5.41, 5.74) is 19.8. The number of benzene rings is 9. The lowest BCUT2D eigenvalue weighted by atomic mass is 9.93. The standard InChI is InChI=1S/C61H44N2/c1-43-16-6-5-15-37-62(54-31-25-47(26-32-54)44-17-7-2-8-18-44)59-35-29-49(41-57(43)59)50-30-36-61-58(42-50)56-23-13-14-24-60(56)63(61)55-33-27-48(28-34-55)53-39-51(45-19-9-3-10-20-45)38-52(40-53)46-21-11-4-12-22-46/h2-36,38-42H,1,37H2/b15-5-,16-6-. The lowest BCUT2D eigenvalue weighted by Crippen LogP contribution is -2.18. The Labute approximate surface area is 369 Å². The predicted octanol–water partition coefficient (Wildman–Crippen LogP) is 16.4. The molecule has 0 spiro atoms. The summed E-state index contributed by atoms with van der Waals surface area (Å²) < 4.78 is 2.40. The largest absolute Gasteiger partial charge is 0.337 e. The summed E-state index contributed by atoms with van der Waals surface area (Å²) >= 11 is 0. The molecule has 10 aromatic rings. The number of anilines is 2. The number of para-hydroxylation sites is 1. The van der Waals surface area contributed by atoms with E-state index in [-0.39, 0.29) is 0 Å².